The molecule has 146 valence electrons. The molecule has 0 aliphatic rings. The van der Waals surface area contributed by atoms with E-state index < -0.39 is 0 Å². The number of aromatic amines is 1. The van der Waals surface area contributed by atoms with Crippen LogP contribution >= 0.6 is 24.0 Å². The Kier molecular flexibility index (Phi) is 6.91. The maximum atomic E-state index is 5.21. The molecule has 2 heterocycles. The lowest BCUT2D eigenvalue weighted by Crippen LogP contribution is -2.36. The molecule has 0 radical (unpaired) electrons. The van der Waals surface area contributed by atoms with E-state index in [0.29, 0.717) is 13.1 Å². The third-order valence-corrected chi connectivity index (χ3v) is 4.93. The quantitative estimate of drug-likeness (QED) is 0.297. The van der Waals surface area contributed by atoms with Crippen LogP contribution in [0.3, 0.4) is 0 Å². The minimum atomic E-state index is 0. The number of hydrogen-bond donors (Lipinski definition) is 3. The second-order valence-corrected chi connectivity index (χ2v) is 6.80. The van der Waals surface area contributed by atoms with Crippen LogP contribution < -0.4 is 10.6 Å². The fourth-order valence-electron chi connectivity index (χ4n) is 3.25. The van der Waals surface area contributed by atoms with E-state index in [9.17, 15) is 0 Å². The highest BCUT2D eigenvalue weighted by Crippen LogP contribution is 2.26. The van der Waals surface area contributed by atoms with Gasteiger partial charge in [0.15, 0.2) is 5.96 Å². The third-order valence-electron chi connectivity index (χ3n) is 4.93. The Morgan fingerprint density at radius 3 is 2.44 bits per heavy atom. The van der Waals surface area contributed by atoms with Crippen LogP contribution in [-0.2, 0) is 13.1 Å². The summed E-state index contributed by atoms with van der Waals surface area (Å²) >= 11 is 0. The highest BCUT2D eigenvalue weighted by Gasteiger charge is 2.12. The van der Waals surface area contributed by atoms with E-state index in [2.05, 4.69) is 58.7 Å². The molecule has 0 amide bonds. The zero-order chi connectivity index (χ0) is 18.8. The number of H-pyrrole nitrogens is 1. The Morgan fingerprint density at radius 1 is 1.11 bits per heavy atom. The third kappa shape index (κ3) is 4.45. The van der Waals surface area contributed by atoms with Crippen molar-refractivity contribution in [1.29, 1.82) is 0 Å². The molecule has 0 aliphatic heterocycles. The van der Waals surface area contributed by atoms with Crippen molar-refractivity contribution in [3.63, 3.8) is 0 Å². The van der Waals surface area contributed by atoms with Gasteiger partial charge in [0.05, 0.1) is 11.2 Å². The molecule has 0 fully saturated rings. The standard InChI is InChI=1S/C20H27N5O.HI/c1-11-7-16(19-17(8-11)12(2)13(3)24-19)9-22-20(21-6)23-10-18-14(4)25-26-15(18)5;/h7-8,24H,9-10H2,1-6H3,(H2,21,22,23);1H. The van der Waals surface area contributed by atoms with Gasteiger partial charge in [-0.15, -0.1) is 24.0 Å². The highest BCUT2D eigenvalue weighted by molar-refractivity contribution is 14.0. The molecular formula is C20H28IN5O. The molecule has 3 aromatic rings. The summed E-state index contributed by atoms with van der Waals surface area (Å²) < 4.78 is 5.21. The first-order valence-corrected chi connectivity index (χ1v) is 8.85. The Hall–Kier alpha value is -2.03. The molecule has 7 heteroatoms. The number of rotatable bonds is 4. The van der Waals surface area contributed by atoms with Gasteiger partial charge in [0.25, 0.3) is 0 Å². The first-order chi connectivity index (χ1) is 12.4. The lowest BCUT2D eigenvalue weighted by atomic mass is 10.0. The van der Waals surface area contributed by atoms with Gasteiger partial charge >= 0.3 is 0 Å². The molecule has 0 atom stereocenters. The van der Waals surface area contributed by atoms with E-state index in [-0.39, 0.29) is 24.0 Å². The lowest BCUT2D eigenvalue weighted by Gasteiger charge is -2.13. The molecule has 6 nitrogen and oxygen atoms in total. The summed E-state index contributed by atoms with van der Waals surface area (Å²) in [6.45, 7) is 11.6. The fraction of sp³-hybridized carbons (Fsp3) is 0.400. The fourth-order valence-corrected chi connectivity index (χ4v) is 3.25. The zero-order valence-electron chi connectivity index (χ0n) is 16.8. The molecule has 27 heavy (non-hydrogen) atoms. The molecule has 3 N–H and O–H groups in total. The molecular weight excluding hydrogens is 453 g/mol. The average molecular weight is 481 g/mol. The van der Waals surface area contributed by atoms with Crippen LogP contribution in [-0.4, -0.2) is 23.1 Å². The normalized spacial score (nSPS) is 11.6. The predicted octanol–water partition coefficient (Wildman–Crippen LogP) is 4.18. The van der Waals surface area contributed by atoms with Gasteiger partial charge in [0, 0.05) is 36.8 Å². The van der Waals surface area contributed by atoms with Crippen molar-refractivity contribution in [3.05, 3.63) is 51.5 Å². The number of nitrogens with one attached hydrogen (secondary N) is 3. The SMILES string of the molecule is CN=C(NCc1c(C)noc1C)NCc1cc(C)cc2c(C)c(C)[nH]c12.I. The Morgan fingerprint density at radius 2 is 1.81 bits per heavy atom. The molecule has 0 spiro atoms. The van der Waals surface area contributed by atoms with Crippen LogP contribution in [0.1, 0.15) is 39.4 Å². The summed E-state index contributed by atoms with van der Waals surface area (Å²) in [4.78, 5) is 7.83. The number of guanidine groups is 1. The number of halogens is 1. The molecule has 1 aromatic carbocycles. The van der Waals surface area contributed by atoms with E-state index in [1.807, 2.05) is 13.8 Å². The number of aromatic nitrogens is 2. The lowest BCUT2D eigenvalue weighted by molar-refractivity contribution is 0.392. The van der Waals surface area contributed by atoms with E-state index in [0.717, 1.165) is 23.0 Å². The van der Waals surface area contributed by atoms with Gasteiger partial charge in [0.2, 0.25) is 0 Å². The maximum Gasteiger partial charge on any atom is 0.191 e. The van der Waals surface area contributed by atoms with Gasteiger partial charge in [-0.1, -0.05) is 16.8 Å². The number of hydrogen-bond acceptors (Lipinski definition) is 3. The summed E-state index contributed by atoms with van der Waals surface area (Å²) in [6.07, 6.45) is 0. The minimum Gasteiger partial charge on any atom is -0.361 e. The van der Waals surface area contributed by atoms with Crippen molar-refractivity contribution < 1.29 is 4.52 Å². The highest BCUT2D eigenvalue weighted by atomic mass is 127. The number of nitrogens with zero attached hydrogens (tertiary/aromatic N) is 2. The van der Waals surface area contributed by atoms with Crippen LogP contribution in [0, 0.1) is 34.6 Å². The van der Waals surface area contributed by atoms with Gasteiger partial charge in [-0.25, -0.2) is 0 Å². The summed E-state index contributed by atoms with van der Waals surface area (Å²) in [5, 5.41) is 12.0. The molecule has 0 saturated carbocycles. The Labute approximate surface area is 177 Å². The van der Waals surface area contributed by atoms with Crippen molar-refractivity contribution in [1.82, 2.24) is 20.8 Å². The van der Waals surface area contributed by atoms with Crippen LogP contribution in [0.25, 0.3) is 10.9 Å². The zero-order valence-corrected chi connectivity index (χ0v) is 19.1. The van der Waals surface area contributed by atoms with Crippen molar-refractivity contribution in [2.45, 2.75) is 47.7 Å². The van der Waals surface area contributed by atoms with E-state index in [4.69, 9.17) is 4.52 Å². The number of aryl methyl sites for hydroxylation is 5. The van der Waals surface area contributed by atoms with Crippen LogP contribution in [0.15, 0.2) is 21.6 Å². The predicted molar refractivity (Wildman–Crippen MR) is 121 cm³/mol. The van der Waals surface area contributed by atoms with E-state index in [1.165, 1.54) is 33.3 Å². The molecule has 3 rings (SSSR count). The second kappa shape index (κ2) is 8.77. The maximum absolute atomic E-state index is 5.21. The van der Waals surface area contributed by atoms with Gasteiger partial charge in [-0.05, 0) is 51.8 Å². The summed E-state index contributed by atoms with van der Waals surface area (Å²) in [5.74, 6) is 1.59. The topological polar surface area (TPSA) is 78.2 Å². The van der Waals surface area contributed by atoms with Crippen LogP contribution in [0.4, 0.5) is 0 Å². The Balaban J connectivity index is 0.00000261. The van der Waals surface area contributed by atoms with Crippen molar-refractivity contribution >= 4 is 40.8 Å². The number of aliphatic imine (C=N–C) groups is 1. The van der Waals surface area contributed by atoms with Gasteiger partial charge in [-0.3, -0.25) is 4.99 Å². The first-order valence-electron chi connectivity index (χ1n) is 8.85. The van der Waals surface area contributed by atoms with Crippen LogP contribution in [0.2, 0.25) is 0 Å². The Bertz CT molecular complexity index is 951. The molecule has 0 bridgehead atoms. The summed E-state index contributed by atoms with van der Waals surface area (Å²) in [7, 11) is 1.78. The molecule has 0 saturated heterocycles. The summed E-state index contributed by atoms with van der Waals surface area (Å²) in [5.41, 5.74) is 8.19. The molecule has 2 aromatic heterocycles. The minimum absolute atomic E-state index is 0. The van der Waals surface area contributed by atoms with Crippen molar-refractivity contribution in [2.75, 3.05) is 7.05 Å². The van der Waals surface area contributed by atoms with Gasteiger partial charge in [-0.2, -0.15) is 0 Å². The van der Waals surface area contributed by atoms with Crippen molar-refractivity contribution in [2.24, 2.45) is 4.99 Å². The second-order valence-electron chi connectivity index (χ2n) is 6.80. The average Bonchev–Trinajstić information content (AvgIpc) is 3.08. The van der Waals surface area contributed by atoms with Crippen LogP contribution in [0.5, 0.6) is 0 Å². The van der Waals surface area contributed by atoms with E-state index >= 15 is 0 Å². The van der Waals surface area contributed by atoms with Gasteiger partial charge in [0.1, 0.15) is 5.76 Å². The number of benzene rings is 1. The van der Waals surface area contributed by atoms with E-state index in [1.54, 1.807) is 7.05 Å². The first kappa shape index (κ1) is 21.3. The largest absolute Gasteiger partial charge is 0.361 e. The van der Waals surface area contributed by atoms with Crippen molar-refractivity contribution in [3.8, 4) is 0 Å². The smallest absolute Gasteiger partial charge is 0.191 e. The molecule has 0 aliphatic carbocycles. The number of fused-ring (bicyclic) bond motifs is 1. The monoisotopic (exact) mass is 481 g/mol. The summed E-state index contributed by atoms with van der Waals surface area (Å²) in [6, 6.07) is 4.45. The van der Waals surface area contributed by atoms with Gasteiger partial charge < -0.3 is 20.1 Å². The molecule has 0 unspecified atom stereocenters.